The van der Waals surface area contributed by atoms with Crippen LogP contribution in [0.15, 0.2) is 58.8 Å². The SMILES string of the molecule is Cn1ncc(S(=O)(=O)N2CCC3=Cc4c(cnn4-c4ccc(F)cc4)CC3(C(=O)c3nccs3)C2)n1. The predicted molar refractivity (Wildman–Crippen MR) is 128 cm³/mol. The number of Topliss-reactive ketones (excluding diaryl/α,β-unsaturated/α-hetero) is 1. The number of rotatable bonds is 5. The van der Waals surface area contributed by atoms with Crippen LogP contribution < -0.4 is 0 Å². The van der Waals surface area contributed by atoms with E-state index in [1.165, 1.54) is 38.8 Å². The molecule has 4 heterocycles. The van der Waals surface area contributed by atoms with Gasteiger partial charge in [-0.05, 0) is 48.7 Å². The highest BCUT2D eigenvalue weighted by Crippen LogP contribution is 2.47. The molecule has 0 amide bonds. The Hall–Kier alpha value is -3.55. The number of hydrogen-bond acceptors (Lipinski definition) is 8. The second kappa shape index (κ2) is 8.25. The fourth-order valence-corrected chi connectivity index (χ4v) is 6.99. The van der Waals surface area contributed by atoms with Gasteiger partial charge < -0.3 is 0 Å². The van der Waals surface area contributed by atoms with Crippen molar-refractivity contribution >= 4 is 33.2 Å². The summed E-state index contributed by atoms with van der Waals surface area (Å²) in [6, 6.07) is 6.01. The molecule has 0 N–H and O–H groups in total. The number of benzene rings is 1. The Balaban J connectivity index is 1.45. The van der Waals surface area contributed by atoms with E-state index in [0.717, 1.165) is 16.8 Å². The standard InChI is InChI=1S/C23H20FN7O3S2/c1-29-26-13-20(28-29)36(33,34)30-8-6-16-10-19-15(12-27-31(19)18-4-2-17(24)3-5-18)11-23(16,14-30)21(32)22-25-7-9-35-22/h2-5,7,9-10,12-13H,6,8,11,14H2,1H3. The van der Waals surface area contributed by atoms with Gasteiger partial charge in [0.25, 0.3) is 10.0 Å². The van der Waals surface area contributed by atoms with Crippen LogP contribution in [0.1, 0.15) is 27.5 Å². The molecule has 1 aliphatic heterocycles. The summed E-state index contributed by atoms with van der Waals surface area (Å²) in [4.78, 5) is 19.4. The molecular weight excluding hydrogens is 505 g/mol. The van der Waals surface area contributed by atoms with Crippen LogP contribution in [0.5, 0.6) is 0 Å². The molecule has 0 bridgehead atoms. The van der Waals surface area contributed by atoms with Crippen LogP contribution in [0.4, 0.5) is 4.39 Å². The molecule has 1 atom stereocenters. The normalized spacial score (nSPS) is 20.0. The summed E-state index contributed by atoms with van der Waals surface area (Å²) in [7, 11) is -2.42. The van der Waals surface area contributed by atoms with Crippen LogP contribution in [0.25, 0.3) is 11.8 Å². The number of aromatic nitrogens is 6. The van der Waals surface area contributed by atoms with Crippen molar-refractivity contribution in [2.45, 2.75) is 17.9 Å². The molecule has 36 heavy (non-hydrogen) atoms. The third-order valence-corrected chi connectivity index (χ3v) is 9.18. The molecule has 4 aromatic rings. The Morgan fingerprint density at radius 1 is 1.17 bits per heavy atom. The number of aryl methyl sites for hydroxylation is 1. The van der Waals surface area contributed by atoms with E-state index >= 15 is 0 Å². The fourth-order valence-electron chi connectivity index (χ4n) is 4.93. The van der Waals surface area contributed by atoms with Gasteiger partial charge in [0, 0.05) is 31.7 Å². The first-order chi connectivity index (χ1) is 17.3. The molecule has 1 aliphatic carbocycles. The minimum absolute atomic E-state index is 0.0443. The number of ketones is 1. The molecule has 2 aliphatic rings. The first-order valence-corrected chi connectivity index (χ1v) is 13.4. The summed E-state index contributed by atoms with van der Waals surface area (Å²) in [5, 5.41) is 14.3. The zero-order valence-corrected chi connectivity index (χ0v) is 20.7. The van der Waals surface area contributed by atoms with E-state index in [4.69, 9.17) is 0 Å². The number of piperidine rings is 1. The number of fused-ring (bicyclic) bond motifs is 2. The fraction of sp³-hybridized carbons (Fsp3) is 0.261. The molecule has 0 spiro atoms. The number of halogens is 1. The number of thiazole rings is 1. The Morgan fingerprint density at radius 2 is 1.97 bits per heavy atom. The number of carbonyl (C=O) groups is 1. The lowest BCUT2D eigenvalue weighted by atomic mass is 9.66. The van der Waals surface area contributed by atoms with Gasteiger partial charge in [0.1, 0.15) is 5.82 Å². The number of hydrogen-bond donors (Lipinski definition) is 0. The average Bonchev–Trinajstić information content (AvgIpc) is 3.63. The van der Waals surface area contributed by atoms with Crippen molar-refractivity contribution in [2.75, 3.05) is 13.1 Å². The average molecular weight is 526 g/mol. The molecule has 0 saturated carbocycles. The minimum Gasteiger partial charge on any atom is -0.290 e. The zero-order valence-electron chi connectivity index (χ0n) is 19.1. The number of nitrogens with zero attached hydrogens (tertiary/aromatic N) is 7. The highest BCUT2D eigenvalue weighted by Gasteiger charge is 2.52. The van der Waals surface area contributed by atoms with Crippen LogP contribution in [0.3, 0.4) is 0 Å². The van der Waals surface area contributed by atoms with Gasteiger partial charge in [-0.15, -0.1) is 16.4 Å². The van der Waals surface area contributed by atoms with E-state index in [1.54, 1.807) is 41.6 Å². The molecule has 13 heteroatoms. The van der Waals surface area contributed by atoms with E-state index in [9.17, 15) is 17.6 Å². The van der Waals surface area contributed by atoms with Crippen molar-refractivity contribution in [2.24, 2.45) is 12.5 Å². The maximum atomic E-state index is 13.9. The Bertz CT molecular complexity index is 1610. The third kappa shape index (κ3) is 3.53. The lowest BCUT2D eigenvalue weighted by molar-refractivity contribution is 0.0775. The molecule has 3 aromatic heterocycles. The Kier molecular flexibility index (Phi) is 5.24. The van der Waals surface area contributed by atoms with E-state index < -0.39 is 15.4 Å². The molecule has 1 saturated heterocycles. The van der Waals surface area contributed by atoms with Crippen molar-refractivity contribution in [3.05, 3.63) is 75.9 Å². The summed E-state index contributed by atoms with van der Waals surface area (Å²) in [6.45, 7) is 0.148. The number of sulfonamides is 1. The summed E-state index contributed by atoms with van der Waals surface area (Å²) in [5.74, 6) is -0.564. The molecule has 10 nitrogen and oxygen atoms in total. The largest absolute Gasteiger partial charge is 0.290 e. The molecular formula is C23H20FN7O3S2. The predicted octanol–water partition coefficient (Wildman–Crippen LogP) is 2.50. The third-order valence-electron chi connectivity index (χ3n) is 6.70. The number of carbonyl (C=O) groups excluding carboxylic acids is 1. The highest BCUT2D eigenvalue weighted by atomic mass is 32.2. The van der Waals surface area contributed by atoms with Gasteiger partial charge in [0.2, 0.25) is 10.8 Å². The molecule has 184 valence electrons. The summed E-state index contributed by atoms with van der Waals surface area (Å²) in [5.41, 5.74) is 1.98. The van der Waals surface area contributed by atoms with Crippen LogP contribution in [0.2, 0.25) is 0 Å². The summed E-state index contributed by atoms with van der Waals surface area (Å²) >= 11 is 1.23. The zero-order chi connectivity index (χ0) is 25.1. The first kappa shape index (κ1) is 22.9. The lowest BCUT2D eigenvalue weighted by Crippen LogP contribution is -2.53. The minimum atomic E-state index is -3.97. The van der Waals surface area contributed by atoms with Crippen LogP contribution >= 0.6 is 11.3 Å². The lowest BCUT2D eigenvalue weighted by Gasteiger charge is -2.44. The van der Waals surface area contributed by atoms with E-state index in [0.29, 0.717) is 17.1 Å². The maximum Gasteiger partial charge on any atom is 0.264 e. The molecule has 1 aromatic carbocycles. The first-order valence-electron chi connectivity index (χ1n) is 11.1. The second-order valence-corrected chi connectivity index (χ2v) is 11.6. The smallest absolute Gasteiger partial charge is 0.264 e. The van der Waals surface area contributed by atoms with Gasteiger partial charge in [0.15, 0.2) is 5.01 Å². The van der Waals surface area contributed by atoms with Gasteiger partial charge in [-0.1, -0.05) is 5.57 Å². The van der Waals surface area contributed by atoms with Crippen LogP contribution in [-0.2, 0) is 23.5 Å². The van der Waals surface area contributed by atoms with E-state index in [-0.39, 0.29) is 36.1 Å². The van der Waals surface area contributed by atoms with E-state index in [2.05, 4.69) is 20.3 Å². The second-order valence-electron chi connectivity index (χ2n) is 8.80. The quantitative estimate of drug-likeness (QED) is 0.368. The van der Waals surface area contributed by atoms with Crippen LogP contribution in [0, 0.1) is 11.2 Å². The van der Waals surface area contributed by atoms with Crippen LogP contribution in [-0.4, -0.2) is 61.4 Å². The topological polar surface area (TPSA) is 116 Å². The van der Waals surface area contributed by atoms with Gasteiger partial charge in [-0.2, -0.15) is 19.3 Å². The summed E-state index contributed by atoms with van der Waals surface area (Å²) < 4.78 is 43.3. The molecule has 1 unspecified atom stereocenters. The van der Waals surface area contributed by atoms with Crippen molar-refractivity contribution in [1.82, 2.24) is 34.1 Å². The highest BCUT2D eigenvalue weighted by molar-refractivity contribution is 7.89. The van der Waals surface area contributed by atoms with Gasteiger partial charge in [-0.25, -0.2) is 22.5 Å². The van der Waals surface area contributed by atoms with Gasteiger partial charge in [0.05, 0.1) is 29.2 Å². The molecule has 0 radical (unpaired) electrons. The van der Waals surface area contributed by atoms with Gasteiger partial charge >= 0.3 is 0 Å². The van der Waals surface area contributed by atoms with Crippen molar-refractivity contribution in [3.63, 3.8) is 0 Å². The molecule has 1 fully saturated rings. The van der Waals surface area contributed by atoms with Crippen molar-refractivity contribution in [3.8, 4) is 5.69 Å². The van der Waals surface area contributed by atoms with Crippen molar-refractivity contribution in [1.29, 1.82) is 0 Å². The summed E-state index contributed by atoms with van der Waals surface area (Å²) in [6.07, 6.45) is 6.99. The van der Waals surface area contributed by atoms with E-state index in [1.807, 2.05) is 6.08 Å². The maximum absolute atomic E-state index is 13.9. The Labute approximate surface area is 209 Å². The van der Waals surface area contributed by atoms with Crippen molar-refractivity contribution < 1.29 is 17.6 Å². The molecule has 6 rings (SSSR count). The Morgan fingerprint density at radius 3 is 2.67 bits per heavy atom. The van der Waals surface area contributed by atoms with Gasteiger partial charge in [-0.3, -0.25) is 4.79 Å². The monoisotopic (exact) mass is 525 g/mol.